The first-order chi connectivity index (χ1) is 7.40. The van der Waals surface area contributed by atoms with Gasteiger partial charge in [-0.15, -0.1) is 0 Å². The summed E-state index contributed by atoms with van der Waals surface area (Å²) in [5.41, 5.74) is 1.98. The lowest BCUT2D eigenvalue weighted by molar-refractivity contribution is 0.127. The van der Waals surface area contributed by atoms with E-state index in [1.54, 1.807) is 0 Å². The van der Waals surface area contributed by atoms with Gasteiger partial charge in [-0.3, -0.25) is 0 Å². The van der Waals surface area contributed by atoms with E-state index in [0.29, 0.717) is 6.61 Å². The van der Waals surface area contributed by atoms with Gasteiger partial charge in [-0.05, 0) is 18.4 Å². The highest BCUT2D eigenvalue weighted by atomic mass is 16.6. The Morgan fingerprint density at radius 3 is 2.80 bits per heavy atom. The van der Waals surface area contributed by atoms with Crippen LogP contribution >= 0.6 is 0 Å². The highest BCUT2D eigenvalue weighted by Gasteiger charge is 2.26. The van der Waals surface area contributed by atoms with Gasteiger partial charge in [0, 0.05) is 0 Å². The molecule has 0 aliphatic heterocycles. The fraction of sp³-hybridized carbons (Fsp3) is 0.333. The van der Waals surface area contributed by atoms with E-state index in [0.717, 1.165) is 24.1 Å². The maximum atomic E-state index is 8.69. The third-order valence-electron chi connectivity index (χ3n) is 2.50. The first-order valence-electron chi connectivity index (χ1n) is 5.02. The number of rotatable bonds is 3. The lowest BCUT2D eigenvalue weighted by Gasteiger charge is -2.20. The van der Waals surface area contributed by atoms with Crippen LogP contribution in [-0.2, 0) is 11.4 Å². The Hall–Kier alpha value is -1.82. The molecule has 0 saturated heterocycles. The molecule has 1 unspecified atom stereocenters. The van der Waals surface area contributed by atoms with Crippen molar-refractivity contribution in [2.75, 3.05) is 0 Å². The van der Waals surface area contributed by atoms with Crippen molar-refractivity contribution in [2.45, 2.75) is 19.4 Å². The second kappa shape index (κ2) is 4.61. The van der Waals surface area contributed by atoms with E-state index in [2.05, 4.69) is 11.2 Å². The molecule has 3 heteroatoms. The second-order valence-corrected chi connectivity index (χ2v) is 3.56. The predicted octanol–water partition coefficient (Wildman–Crippen LogP) is 2.49. The average Bonchev–Trinajstić information content (AvgIpc) is 2.25. The highest BCUT2D eigenvalue weighted by molar-refractivity contribution is 5.93. The fourth-order valence-electron chi connectivity index (χ4n) is 1.43. The van der Waals surface area contributed by atoms with Gasteiger partial charge in [-0.25, -0.2) is 0 Å². The Labute approximate surface area is 89.0 Å². The van der Waals surface area contributed by atoms with Crippen LogP contribution in [0.5, 0.6) is 0 Å². The smallest absolute Gasteiger partial charge is 0.142 e. The zero-order chi connectivity index (χ0) is 10.5. The van der Waals surface area contributed by atoms with Crippen LogP contribution in [0, 0.1) is 17.2 Å². The zero-order valence-corrected chi connectivity index (χ0v) is 8.39. The molecular weight excluding hydrogens is 188 g/mol. The maximum Gasteiger partial charge on any atom is 0.142 e. The summed E-state index contributed by atoms with van der Waals surface area (Å²) < 4.78 is 0. The maximum absolute atomic E-state index is 8.69. The van der Waals surface area contributed by atoms with Crippen LogP contribution in [-0.4, -0.2) is 5.71 Å². The molecule has 1 aromatic carbocycles. The first-order valence-corrected chi connectivity index (χ1v) is 5.02. The van der Waals surface area contributed by atoms with E-state index >= 15 is 0 Å². The summed E-state index contributed by atoms with van der Waals surface area (Å²) >= 11 is 0. The predicted molar refractivity (Wildman–Crippen MR) is 57.0 cm³/mol. The summed E-state index contributed by atoms with van der Waals surface area (Å²) in [7, 11) is 0. The summed E-state index contributed by atoms with van der Waals surface area (Å²) in [5.74, 6) is -0.0132. The van der Waals surface area contributed by atoms with Gasteiger partial charge >= 0.3 is 0 Å². The average molecular weight is 200 g/mol. The first kappa shape index (κ1) is 9.72. The van der Waals surface area contributed by atoms with E-state index in [1.807, 2.05) is 30.3 Å². The van der Waals surface area contributed by atoms with E-state index in [-0.39, 0.29) is 5.92 Å². The minimum Gasteiger partial charge on any atom is -0.391 e. The SMILES string of the molecule is N#CC1CCC1=NOCc1ccccc1. The number of benzene rings is 1. The van der Waals surface area contributed by atoms with Gasteiger partial charge in [-0.2, -0.15) is 5.26 Å². The van der Waals surface area contributed by atoms with Gasteiger partial charge in [-0.1, -0.05) is 35.5 Å². The number of nitriles is 1. The molecule has 1 fully saturated rings. The van der Waals surface area contributed by atoms with Gasteiger partial charge < -0.3 is 4.84 Å². The van der Waals surface area contributed by atoms with Gasteiger partial charge in [0.25, 0.3) is 0 Å². The Morgan fingerprint density at radius 2 is 2.20 bits per heavy atom. The zero-order valence-electron chi connectivity index (χ0n) is 8.39. The van der Waals surface area contributed by atoms with Crippen molar-refractivity contribution in [1.82, 2.24) is 0 Å². The van der Waals surface area contributed by atoms with Crippen LogP contribution in [0.25, 0.3) is 0 Å². The fourth-order valence-corrected chi connectivity index (χ4v) is 1.43. The Bertz CT molecular complexity index is 392. The van der Waals surface area contributed by atoms with Crippen molar-refractivity contribution >= 4 is 5.71 Å². The lowest BCUT2D eigenvalue weighted by atomic mass is 9.84. The summed E-state index contributed by atoms with van der Waals surface area (Å²) in [6.07, 6.45) is 1.82. The number of hydrogen-bond donors (Lipinski definition) is 0. The van der Waals surface area contributed by atoms with Crippen molar-refractivity contribution in [3.05, 3.63) is 35.9 Å². The highest BCUT2D eigenvalue weighted by Crippen LogP contribution is 2.23. The summed E-state index contributed by atoms with van der Waals surface area (Å²) in [6.45, 7) is 0.475. The molecule has 0 heterocycles. The molecule has 0 radical (unpaired) electrons. The minimum absolute atomic E-state index is 0.0132. The molecule has 0 aromatic heterocycles. The van der Waals surface area contributed by atoms with E-state index in [4.69, 9.17) is 10.1 Å². The topological polar surface area (TPSA) is 45.4 Å². The normalized spacial score (nSPS) is 21.8. The third kappa shape index (κ3) is 2.35. The van der Waals surface area contributed by atoms with Crippen molar-refractivity contribution in [1.29, 1.82) is 5.26 Å². The molecule has 76 valence electrons. The standard InChI is InChI=1S/C12H12N2O/c13-8-11-6-7-12(11)14-15-9-10-4-2-1-3-5-10/h1-5,11H,6-7,9H2. The second-order valence-electron chi connectivity index (χ2n) is 3.56. The van der Waals surface area contributed by atoms with E-state index in [9.17, 15) is 0 Å². The monoisotopic (exact) mass is 200 g/mol. The van der Waals surface area contributed by atoms with Crippen molar-refractivity contribution in [2.24, 2.45) is 11.1 Å². The molecule has 1 saturated carbocycles. The molecule has 15 heavy (non-hydrogen) atoms. The van der Waals surface area contributed by atoms with Crippen LogP contribution in [0.3, 0.4) is 0 Å². The molecule has 0 amide bonds. The molecule has 0 spiro atoms. The molecule has 1 aromatic rings. The number of oxime groups is 1. The molecule has 1 aliphatic carbocycles. The molecule has 3 nitrogen and oxygen atoms in total. The Morgan fingerprint density at radius 1 is 1.40 bits per heavy atom. The Balaban J connectivity index is 1.83. The minimum atomic E-state index is -0.0132. The van der Waals surface area contributed by atoms with E-state index in [1.165, 1.54) is 0 Å². The molecule has 2 rings (SSSR count). The van der Waals surface area contributed by atoms with Gasteiger partial charge in [0.2, 0.25) is 0 Å². The molecular formula is C12H12N2O. The molecule has 0 N–H and O–H groups in total. The van der Waals surface area contributed by atoms with Crippen LogP contribution < -0.4 is 0 Å². The number of hydrogen-bond acceptors (Lipinski definition) is 3. The van der Waals surface area contributed by atoms with Crippen LogP contribution in [0.4, 0.5) is 0 Å². The molecule has 1 atom stereocenters. The summed E-state index contributed by atoms with van der Waals surface area (Å²) in [6, 6.07) is 12.1. The quantitative estimate of drug-likeness (QED) is 0.703. The lowest BCUT2D eigenvalue weighted by Crippen LogP contribution is -2.24. The molecule has 0 bridgehead atoms. The largest absolute Gasteiger partial charge is 0.391 e. The van der Waals surface area contributed by atoms with Crippen molar-refractivity contribution in [3.8, 4) is 6.07 Å². The summed E-state index contributed by atoms with van der Waals surface area (Å²) in [4.78, 5) is 5.19. The van der Waals surface area contributed by atoms with Crippen LogP contribution in [0.15, 0.2) is 35.5 Å². The molecule has 1 aliphatic rings. The van der Waals surface area contributed by atoms with E-state index < -0.39 is 0 Å². The number of nitrogens with zero attached hydrogens (tertiary/aromatic N) is 2. The third-order valence-corrected chi connectivity index (χ3v) is 2.50. The van der Waals surface area contributed by atoms with Crippen LogP contribution in [0.1, 0.15) is 18.4 Å². The van der Waals surface area contributed by atoms with Gasteiger partial charge in [0.05, 0.1) is 17.7 Å². The summed E-state index contributed by atoms with van der Waals surface area (Å²) in [5, 5.41) is 12.7. The Kier molecular flexibility index (Phi) is 2.99. The van der Waals surface area contributed by atoms with Crippen molar-refractivity contribution < 1.29 is 4.84 Å². The van der Waals surface area contributed by atoms with Gasteiger partial charge in [0.15, 0.2) is 0 Å². The van der Waals surface area contributed by atoms with Crippen molar-refractivity contribution in [3.63, 3.8) is 0 Å². The van der Waals surface area contributed by atoms with Gasteiger partial charge in [0.1, 0.15) is 6.61 Å². The van der Waals surface area contributed by atoms with Crippen LogP contribution in [0.2, 0.25) is 0 Å².